The summed E-state index contributed by atoms with van der Waals surface area (Å²) in [6.07, 6.45) is 46.8. The van der Waals surface area contributed by atoms with Gasteiger partial charge in [0.1, 0.15) is 0 Å². The van der Waals surface area contributed by atoms with Crippen molar-refractivity contribution >= 4 is 10.4 Å². The quantitative estimate of drug-likeness (QED) is 0.0281. The van der Waals surface area contributed by atoms with Crippen LogP contribution in [-0.2, 0) is 14.6 Å². The molecule has 45 heavy (non-hydrogen) atoms. The normalized spacial score (nSPS) is 12.4. The molecule has 266 valence electrons. The van der Waals surface area contributed by atoms with Crippen molar-refractivity contribution in [1.82, 2.24) is 0 Å². The fourth-order valence-corrected chi connectivity index (χ4v) is 6.99. The molecular weight excluding hydrogens is 604 g/mol. The van der Waals surface area contributed by atoms with Gasteiger partial charge in [0.2, 0.25) is 10.4 Å². The molecule has 1 unspecified atom stereocenters. The van der Waals surface area contributed by atoms with Gasteiger partial charge >= 0.3 is 51.4 Å². The van der Waals surface area contributed by atoms with Gasteiger partial charge in [0, 0.05) is 0 Å². The molecule has 0 aromatic heterocycles. The molecule has 6 heteroatoms. The number of hydrogen-bond acceptors (Lipinski definition) is 4. The van der Waals surface area contributed by atoms with Gasteiger partial charge in [0.15, 0.2) is 0 Å². The van der Waals surface area contributed by atoms with Crippen LogP contribution < -0.4 is 51.4 Å². The summed E-state index contributed by atoms with van der Waals surface area (Å²) >= 11 is 0. The average molecular weight is 683 g/mol. The zero-order chi connectivity index (χ0) is 32.2. The van der Waals surface area contributed by atoms with Crippen LogP contribution in [0.3, 0.4) is 0 Å². The van der Waals surface area contributed by atoms with E-state index in [1.54, 1.807) is 0 Å². The van der Waals surface area contributed by atoms with Crippen molar-refractivity contribution in [1.29, 1.82) is 0 Å². The first-order valence-corrected chi connectivity index (χ1v) is 21.4. The van der Waals surface area contributed by atoms with Crippen molar-refractivity contribution in [2.24, 2.45) is 5.92 Å². The molecule has 0 aliphatic heterocycles. The third kappa shape index (κ3) is 43.5. The first kappa shape index (κ1) is 48.6. The van der Waals surface area contributed by atoms with Crippen LogP contribution in [0.1, 0.15) is 239 Å². The molecule has 0 heterocycles. The monoisotopic (exact) mass is 683 g/mol. The Morgan fingerprint density at radius 1 is 0.400 bits per heavy atom. The molecular formula is C39H79KO4S. The Kier molecular flexibility index (Phi) is 43.2. The van der Waals surface area contributed by atoms with Gasteiger partial charge in [-0.1, -0.05) is 226 Å². The zero-order valence-electron chi connectivity index (χ0n) is 31.1. The summed E-state index contributed by atoms with van der Waals surface area (Å²) in [5.41, 5.74) is 0. The fraction of sp³-hybridized carbons (Fsp3) is 1.00. The summed E-state index contributed by atoms with van der Waals surface area (Å²) in [5.74, 6) is 0.196. The van der Waals surface area contributed by atoms with Crippen LogP contribution in [0, 0.1) is 5.92 Å². The van der Waals surface area contributed by atoms with Crippen molar-refractivity contribution in [2.45, 2.75) is 239 Å². The van der Waals surface area contributed by atoms with Gasteiger partial charge in [0.25, 0.3) is 0 Å². The van der Waals surface area contributed by atoms with Crippen LogP contribution in [0.2, 0.25) is 0 Å². The van der Waals surface area contributed by atoms with Crippen LogP contribution in [-0.4, -0.2) is 19.6 Å². The van der Waals surface area contributed by atoms with E-state index >= 15 is 0 Å². The topological polar surface area (TPSA) is 66.4 Å². The predicted molar refractivity (Wildman–Crippen MR) is 192 cm³/mol. The SMILES string of the molecule is CCCCCCCCCCCCCCCCCCCCCC(CCCCCCCCCCCCCCCC)COS(=O)(=O)[O-].[K+]. The Morgan fingerprint density at radius 3 is 0.800 bits per heavy atom. The van der Waals surface area contributed by atoms with Gasteiger partial charge in [-0.25, -0.2) is 8.42 Å². The molecule has 1 atom stereocenters. The second kappa shape index (κ2) is 39.9. The predicted octanol–water partition coefficient (Wildman–Crippen LogP) is 10.8. The molecule has 0 rings (SSSR count). The van der Waals surface area contributed by atoms with Crippen LogP contribution in [0.5, 0.6) is 0 Å². The molecule has 4 nitrogen and oxygen atoms in total. The number of rotatable bonds is 38. The third-order valence-electron chi connectivity index (χ3n) is 9.63. The molecule has 0 saturated carbocycles. The smallest absolute Gasteiger partial charge is 0.726 e. The van der Waals surface area contributed by atoms with E-state index in [9.17, 15) is 13.0 Å². The maximum Gasteiger partial charge on any atom is 1.00 e. The Hall–Kier alpha value is 1.51. The minimum Gasteiger partial charge on any atom is -0.726 e. The molecule has 0 aromatic rings. The summed E-state index contributed by atoms with van der Waals surface area (Å²) in [5, 5.41) is 0. The first-order valence-electron chi connectivity index (χ1n) is 20.1. The second-order valence-electron chi connectivity index (χ2n) is 14.1. The molecule has 0 N–H and O–H groups in total. The van der Waals surface area contributed by atoms with Crippen LogP contribution in [0.15, 0.2) is 0 Å². The molecule has 0 bridgehead atoms. The van der Waals surface area contributed by atoms with Crippen LogP contribution in [0.25, 0.3) is 0 Å². The molecule has 0 radical (unpaired) electrons. The zero-order valence-corrected chi connectivity index (χ0v) is 35.0. The van der Waals surface area contributed by atoms with Gasteiger partial charge in [-0.05, 0) is 18.8 Å². The van der Waals surface area contributed by atoms with E-state index in [0.29, 0.717) is 0 Å². The van der Waals surface area contributed by atoms with E-state index < -0.39 is 10.4 Å². The van der Waals surface area contributed by atoms with Gasteiger partial charge < -0.3 is 4.55 Å². The standard InChI is InChI=1S/C39H80O4S.K/c1-3-5-7-9-11-13-15-17-19-20-21-22-23-25-27-29-31-33-35-37-39(38-43-44(40,41)42)36-34-32-30-28-26-24-18-16-14-12-10-8-6-4-2;/h39H,3-38H2,1-2H3,(H,40,41,42);/q;+1/p-1. The van der Waals surface area contributed by atoms with Crippen molar-refractivity contribution in [2.75, 3.05) is 6.61 Å². The number of unbranched alkanes of at least 4 members (excludes halogenated alkanes) is 31. The van der Waals surface area contributed by atoms with Crippen LogP contribution in [0.4, 0.5) is 0 Å². The second-order valence-corrected chi connectivity index (χ2v) is 15.1. The summed E-state index contributed by atoms with van der Waals surface area (Å²) in [6, 6.07) is 0. The maximum atomic E-state index is 11.0. The maximum absolute atomic E-state index is 11.0. The molecule has 0 spiro atoms. The summed E-state index contributed by atoms with van der Waals surface area (Å²) < 4.78 is 37.7. The van der Waals surface area contributed by atoms with Crippen molar-refractivity contribution in [3.63, 3.8) is 0 Å². The molecule has 0 saturated heterocycles. The van der Waals surface area contributed by atoms with E-state index in [1.807, 2.05) is 0 Å². The largest absolute Gasteiger partial charge is 1.00 e. The Labute approximate surface area is 326 Å². The van der Waals surface area contributed by atoms with Gasteiger partial charge in [-0.15, -0.1) is 0 Å². The van der Waals surface area contributed by atoms with Gasteiger partial charge in [-0.2, -0.15) is 0 Å². The van der Waals surface area contributed by atoms with E-state index in [-0.39, 0.29) is 63.9 Å². The molecule has 0 fully saturated rings. The molecule has 0 aliphatic rings. The third-order valence-corrected chi connectivity index (χ3v) is 10.1. The number of hydrogen-bond donors (Lipinski definition) is 0. The van der Waals surface area contributed by atoms with Gasteiger partial charge in [0.05, 0.1) is 6.61 Å². The fourth-order valence-electron chi connectivity index (χ4n) is 6.63. The van der Waals surface area contributed by atoms with E-state index in [4.69, 9.17) is 0 Å². The Morgan fingerprint density at radius 2 is 0.600 bits per heavy atom. The van der Waals surface area contributed by atoms with Crippen molar-refractivity contribution in [3.05, 3.63) is 0 Å². The minimum atomic E-state index is -4.59. The Bertz CT molecular complexity index is 643. The average Bonchev–Trinajstić information content (AvgIpc) is 3.00. The summed E-state index contributed by atoms with van der Waals surface area (Å²) in [6.45, 7) is 4.64. The van der Waals surface area contributed by atoms with Crippen molar-refractivity contribution in [3.8, 4) is 0 Å². The van der Waals surface area contributed by atoms with E-state index in [1.165, 1.54) is 199 Å². The Balaban J connectivity index is 0. The minimum absolute atomic E-state index is 0. The van der Waals surface area contributed by atoms with Gasteiger partial charge in [-0.3, -0.25) is 4.18 Å². The summed E-state index contributed by atoms with van der Waals surface area (Å²) in [4.78, 5) is 0. The van der Waals surface area contributed by atoms with E-state index in [2.05, 4.69) is 18.0 Å². The molecule has 0 aliphatic carbocycles. The van der Waals surface area contributed by atoms with Crippen molar-refractivity contribution < 1.29 is 68.5 Å². The van der Waals surface area contributed by atoms with Crippen LogP contribution >= 0.6 is 0 Å². The molecule has 0 amide bonds. The summed E-state index contributed by atoms with van der Waals surface area (Å²) in [7, 11) is -4.59. The first-order chi connectivity index (χ1) is 21.5. The molecule has 0 aromatic carbocycles. The van der Waals surface area contributed by atoms with E-state index in [0.717, 1.165) is 25.7 Å².